The Hall–Kier alpha value is -2.55. The summed E-state index contributed by atoms with van der Waals surface area (Å²) in [7, 11) is 1.62. The van der Waals surface area contributed by atoms with E-state index in [2.05, 4.69) is 11.5 Å². The number of methoxy groups -OCH3 is 1. The minimum absolute atomic E-state index is 0.0329. The van der Waals surface area contributed by atoms with E-state index in [0.29, 0.717) is 11.1 Å². The van der Waals surface area contributed by atoms with Crippen molar-refractivity contribution in [1.82, 2.24) is 4.57 Å². The normalized spacial score (nSPS) is 10.9. The predicted octanol–water partition coefficient (Wildman–Crippen LogP) is 4.48. The van der Waals surface area contributed by atoms with Crippen LogP contribution in [0.4, 0.5) is 0 Å². The van der Waals surface area contributed by atoms with Crippen LogP contribution in [0.1, 0.15) is 19.8 Å². The molecule has 0 unspecified atom stereocenters. The van der Waals surface area contributed by atoms with Crippen molar-refractivity contribution in [2.75, 3.05) is 7.11 Å². The van der Waals surface area contributed by atoms with E-state index in [1.54, 1.807) is 13.2 Å². The highest BCUT2D eigenvalue weighted by molar-refractivity contribution is 5.83. The van der Waals surface area contributed by atoms with Crippen molar-refractivity contribution in [3.05, 3.63) is 64.8 Å². The largest absolute Gasteiger partial charge is 0.497 e. The van der Waals surface area contributed by atoms with E-state index in [9.17, 15) is 4.79 Å². The first-order valence-corrected chi connectivity index (χ1v) is 8.01. The molecule has 23 heavy (non-hydrogen) atoms. The van der Waals surface area contributed by atoms with E-state index in [1.165, 1.54) is 0 Å². The number of nitrogens with zero attached hydrogens (tertiary/aromatic N) is 1. The zero-order valence-electron chi connectivity index (χ0n) is 13.6. The van der Waals surface area contributed by atoms with Gasteiger partial charge in [0, 0.05) is 18.0 Å². The molecule has 0 bridgehead atoms. The van der Waals surface area contributed by atoms with Crippen LogP contribution >= 0.6 is 0 Å². The van der Waals surface area contributed by atoms with Crippen LogP contribution in [0.3, 0.4) is 0 Å². The highest BCUT2D eigenvalue weighted by Crippen LogP contribution is 2.25. The zero-order valence-corrected chi connectivity index (χ0v) is 13.6. The Labute approximate surface area is 136 Å². The molecule has 0 aliphatic rings. The van der Waals surface area contributed by atoms with Gasteiger partial charge in [-0.2, -0.15) is 0 Å². The summed E-state index contributed by atoms with van der Waals surface area (Å²) in [5.41, 5.74) is 3.04. The Morgan fingerprint density at radius 2 is 1.83 bits per heavy atom. The van der Waals surface area contributed by atoms with Crippen LogP contribution in [-0.2, 0) is 6.54 Å². The fraction of sp³-hybridized carbons (Fsp3) is 0.250. The number of pyridine rings is 1. The van der Waals surface area contributed by atoms with Gasteiger partial charge in [0.1, 0.15) is 5.75 Å². The summed E-state index contributed by atoms with van der Waals surface area (Å²) in [5.74, 6) is 0.712. The summed E-state index contributed by atoms with van der Waals surface area (Å²) in [6, 6.07) is 17.6. The van der Waals surface area contributed by atoms with Crippen molar-refractivity contribution in [3.8, 4) is 17.0 Å². The van der Waals surface area contributed by atoms with Gasteiger partial charge in [-0.15, -0.1) is 0 Å². The van der Waals surface area contributed by atoms with Gasteiger partial charge in [-0.05, 0) is 30.2 Å². The molecule has 0 aliphatic carbocycles. The van der Waals surface area contributed by atoms with Crippen LogP contribution in [0.5, 0.6) is 5.75 Å². The van der Waals surface area contributed by atoms with E-state index >= 15 is 0 Å². The summed E-state index contributed by atoms with van der Waals surface area (Å²) in [6.07, 6.45) is 2.18. The molecule has 0 aliphatic heterocycles. The van der Waals surface area contributed by atoms with Crippen LogP contribution in [0.25, 0.3) is 22.2 Å². The fourth-order valence-corrected chi connectivity index (χ4v) is 2.89. The maximum atomic E-state index is 12.6. The van der Waals surface area contributed by atoms with Gasteiger partial charge in [0.15, 0.2) is 5.43 Å². The number of aryl methyl sites for hydroxylation is 1. The lowest BCUT2D eigenvalue weighted by atomic mass is 10.1. The van der Waals surface area contributed by atoms with Gasteiger partial charge in [0.25, 0.3) is 0 Å². The molecule has 0 spiro atoms. The Morgan fingerprint density at radius 1 is 1.04 bits per heavy atom. The Balaban J connectivity index is 2.29. The van der Waals surface area contributed by atoms with Crippen LogP contribution < -0.4 is 10.2 Å². The van der Waals surface area contributed by atoms with E-state index in [1.807, 2.05) is 48.5 Å². The summed E-state index contributed by atoms with van der Waals surface area (Å²) < 4.78 is 7.51. The van der Waals surface area contributed by atoms with Gasteiger partial charge in [-0.3, -0.25) is 4.79 Å². The molecule has 2 aromatic carbocycles. The molecule has 0 atom stereocenters. The molecule has 0 saturated heterocycles. The van der Waals surface area contributed by atoms with Crippen molar-refractivity contribution in [2.24, 2.45) is 0 Å². The molecular formula is C20H21NO2. The molecule has 3 rings (SSSR count). The highest BCUT2D eigenvalue weighted by Gasteiger charge is 2.11. The molecule has 0 amide bonds. The first-order chi connectivity index (χ1) is 11.2. The fourth-order valence-electron chi connectivity index (χ4n) is 2.89. The van der Waals surface area contributed by atoms with Gasteiger partial charge in [0.2, 0.25) is 0 Å². The average Bonchev–Trinajstić information content (AvgIpc) is 2.61. The van der Waals surface area contributed by atoms with E-state index < -0.39 is 0 Å². The van der Waals surface area contributed by atoms with Crippen LogP contribution in [-0.4, -0.2) is 11.7 Å². The van der Waals surface area contributed by atoms with Crippen LogP contribution in [0, 0.1) is 0 Å². The van der Waals surface area contributed by atoms with Gasteiger partial charge in [-0.25, -0.2) is 0 Å². The van der Waals surface area contributed by atoms with Crippen molar-refractivity contribution < 1.29 is 4.74 Å². The maximum absolute atomic E-state index is 12.6. The number of unbranched alkanes of at least 4 members (excludes halogenated alkanes) is 1. The third-order valence-corrected chi connectivity index (χ3v) is 4.12. The second-order valence-electron chi connectivity index (χ2n) is 5.65. The Morgan fingerprint density at radius 3 is 2.52 bits per heavy atom. The van der Waals surface area contributed by atoms with Gasteiger partial charge >= 0.3 is 0 Å². The molecule has 3 aromatic rings. The van der Waals surface area contributed by atoms with Gasteiger partial charge < -0.3 is 9.30 Å². The number of ether oxygens (including phenoxy) is 1. The Bertz CT molecular complexity index is 866. The molecule has 118 valence electrons. The van der Waals surface area contributed by atoms with Crippen molar-refractivity contribution in [2.45, 2.75) is 26.3 Å². The SMILES string of the molecule is CCCCn1c(-c2ccccc2)cc(=O)c2cc(OC)ccc21. The molecule has 0 saturated carbocycles. The van der Waals surface area contributed by atoms with E-state index in [0.717, 1.165) is 36.2 Å². The number of fused-ring (bicyclic) bond motifs is 1. The van der Waals surface area contributed by atoms with Gasteiger partial charge in [0.05, 0.1) is 18.3 Å². The smallest absolute Gasteiger partial charge is 0.190 e. The summed E-state index contributed by atoms with van der Waals surface area (Å²) in [4.78, 5) is 12.6. The third kappa shape index (κ3) is 3.00. The lowest BCUT2D eigenvalue weighted by Gasteiger charge is -2.17. The van der Waals surface area contributed by atoms with Crippen LogP contribution in [0.15, 0.2) is 59.4 Å². The number of aromatic nitrogens is 1. The molecule has 0 fully saturated rings. The summed E-state index contributed by atoms with van der Waals surface area (Å²) >= 11 is 0. The van der Waals surface area contributed by atoms with Crippen LogP contribution in [0.2, 0.25) is 0 Å². The lowest BCUT2D eigenvalue weighted by Crippen LogP contribution is -2.12. The minimum atomic E-state index is 0.0329. The quantitative estimate of drug-likeness (QED) is 0.696. The van der Waals surface area contributed by atoms with Crippen molar-refractivity contribution in [1.29, 1.82) is 0 Å². The minimum Gasteiger partial charge on any atom is -0.497 e. The number of benzene rings is 2. The number of hydrogen-bond acceptors (Lipinski definition) is 2. The van der Waals surface area contributed by atoms with E-state index in [4.69, 9.17) is 4.74 Å². The second kappa shape index (κ2) is 6.69. The van der Waals surface area contributed by atoms with Gasteiger partial charge in [-0.1, -0.05) is 43.7 Å². The van der Waals surface area contributed by atoms with Crippen molar-refractivity contribution in [3.63, 3.8) is 0 Å². The first kappa shape index (κ1) is 15.3. The maximum Gasteiger partial charge on any atom is 0.190 e. The van der Waals surface area contributed by atoms with Crippen molar-refractivity contribution >= 4 is 10.9 Å². The summed E-state index contributed by atoms with van der Waals surface area (Å²) in [5, 5.41) is 0.708. The summed E-state index contributed by atoms with van der Waals surface area (Å²) in [6.45, 7) is 3.07. The van der Waals surface area contributed by atoms with E-state index in [-0.39, 0.29) is 5.43 Å². The first-order valence-electron chi connectivity index (χ1n) is 8.01. The molecule has 1 aromatic heterocycles. The predicted molar refractivity (Wildman–Crippen MR) is 95.1 cm³/mol. The molecule has 0 radical (unpaired) electrons. The zero-order chi connectivity index (χ0) is 16.2. The molecule has 3 heteroatoms. The third-order valence-electron chi connectivity index (χ3n) is 4.12. The standard InChI is InChI=1S/C20H21NO2/c1-3-4-12-21-18-11-10-16(23-2)13-17(18)20(22)14-19(21)15-8-6-5-7-9-15/h5-11,13-14H,3-4,12H2,1-2H3. The molecule has 3 nitrogen and oxygen atoms in total. The number of hydrogen-bond donors (Lipinski definition) is 0. The second-order valence-corrected chi connectivity index (χ2v) is 5.65. The topological polar surface area (TPSA) is 31.2 Å². The molecule has 1 heterocycles. The lowest BCUT2D eigenvalue weighted by molar-refractivity contribution is 0.415. The Kier molecular flexibility index (Phi) is 4.47. The highest BCUT2D eigenvalue weighted by atomic mass is 16.5. The molecule has 0 N–H and O–H groups in total. The number of rotatable bonds is 5. The molecular weight excluding hydrogens is 286 g/mol. The average molecular weight is 307 g/mol. The monoisotopic (exact) mass is 307 g/mol.